The first kappa shape index (κ1) is 12.7. The molecule has 0 aliphatic rings. The lowest BCUT2D eigenvalue weighted by Crippen LogP contribution is -2.23. The summed E-state index contributed by atoms with van der Waals surface area (Å²) in [5, 5.41) is 3.47. The molecule has 0 bridgehead atoms. The molecule has 2 heteroatoms. The van der Waals surface area contributed by atoms with Gasteiger partial charge in [0.05, 0.1) is 0 Å². The first-order valence-corrected chi connectivity index (χ1v) is 6.66. The molecule has 86 valence electrons. The third kappa shape index (κ3) is 3.05. The highest BCUT2D eigenvalue weighted by atomic mass is 32.1. The summed E-state index contributed by atoms with van der Waals surface area (Å²) in [4.78, 5) is 2.95. The van der Waals surface area contributed by atoms with Crippen molar-refractivity contribution >= 4 is 11.3 Å². The zero-order chi connectivity index (χ0) is 11.4. The van der Waals surface area contributed by atoms with E-state index in [0.29, 0.717) is 6.04 Å². The van der Waals surface area contributed by atoms with Crippen LogP contribution >= 0.6 is 11.3 Å². The first-order chi connectivity index (χ1) is 7.10. The van der Waals surface area contributed by atoms with Crippen LogP contribution in [0, 0.1) is 19.8 Å². The topological polar surface area (TPSA) is 12.0 Å². The standard InChI is InChI=1S/C13H23NS/c1-6-7-9(2)12(14-5)13-10(3)8-11(4)15-13/h8-9,12,14H,6-7H2,1-5H3. The maximum absolute atomic E-state index is 3.47. The second-order valence-corrected chi connectivity index (χ2v) is 5.72. The molecule has 1 aromatic rings. The van der Waals surface area contributed by atoms with Crippen LogP contribution in [0.4, 0.5) is 0 Å². The van der Waals surface area contributed by atoms with Gasteiger partial charge in [-0.05, 0) is 44.9 Å². The summed E-state index contributed by atoms with van der Waals surface area (Å²) in [5.74, 6) is 0.719. The van der Waals surface area contributed by atoms with Crippen molar-refractivity contribution in [2.24, 2.45) is 5.92 Å². The van der Waals surface area contributed by atoms with Crippen LogP contribution in [0.25, 0.3) is 0 Å². The van der Waals surface area contributed by atoms with Crippen LogP contribution in [0.15, 0.2) is 6.07 Å². The Morgan fingerprint density at radius 2 is 2.07 bits per heavy atom. The number of hydrogen-bond donors (Lipinski definition) is 1. The van der Waals surface area contributed by atoms with Gasteiger partial charge in [0.2, 0.25) is 0 Å². The van der Waals surface area contributed by atoms with Gasteiger partial charge >= 0.3 is 0 Å². The van der Waals surface area contributed by atoms with Gasteiger partial charge in [0.25, 0.3) is 0 Å². The molecule has 0 aliphatic heterocycles. The monoisotopic (exact) mass is 225 g/mol. The smallest absolute Gasteiger partial charge is 0.0441 e. The van der Waals surface area contributed by atoms with Gasteiger partial charge in [0, 0.05) is 15.8 Å². The first-order valence-electron chi connectivity index (χ1n) is 5.84. The van der Waals surface area contributed by atoms with E-state index in [1.807, 2.05) is 11.3 Å². The minimum Gasteiger partial charge on any atom is -0.312 e. The lowest BCUT2D eigenvalue weighted by Gasteiger charge is -2.23. The summed E-state index contributed by atoms with van der Waals surface area (Å²) in [7, 11) is 2.07. The van der Waals surface area contributed by atoms with Gasteiger partial charge in [-0.3, -0.25) is 0 Å². The van der Waals surface area contributed by atoms with Crippen molar-refractivity contribution < 1.29 is 0 Å². The summed E-state index contributed by atoms with van der Waals surface area (Å²) in [6.45, 7) is 9.02. The highest BCUT2D eigenvalue weighted by Gasteiger charge is 2.20. The Hall–Kier alpha value is -0.340. The van der Waals surface area contributed by atoms with Crippen molar-refractivity contribution in [1.82, 2.24) is 5.32 Å². The fourth-order valence-electron chi connectivity index (χ4n) is 2.26. The quantitative estimate of drug-likeness (QED) is 0.797. The summed E-state index contributed by atoms with van der Waals surface area (Å²) in [6, 6.07) is 2.83. The maximum atomic E-state index is 3.47. The SMILES string of the molecule is CCCC(C)C(NC)c1sc(C)cc1C. The molecule has 0 fully saturated rings. The van der Waals surface area contributed by atoms with Crippen molar-refractivity contribution in [1.29, 1.82) is 0 Å². The van der Waals surface area contributed by atoms with Gasteiger partial charge in [-0.25, -0.2) is 0 Å². The summed E-state index contributed by atoms with van der Waals surface area (Å²) in [6.07, 6.45) is 2.56. The molecule has 1 heterocycles. The van der Waals surface area contributed by atoms with E-state index < -0.39 is 0 Å². The second-order valence-electron chi connectivity index (χ2n) is 4.44. The molecule has 1 nitrogen and oxygen atoms in total. The summed E-state index contributed by atoms with van der Waals surface area (Å²) in [5.41, 5.74) is 1.44. The van der Waals surface area contributed by atoms with Gasteiger partial charge in [0.1, 0.15) is 0 Å². The van der Waals surface area contributed by atoms with E-state index in [4.69, 9.17) is 0 Å². The Balaban J connectivity index is 2.86. The molecule has 0 spiro atoms. The second kappa shape index (κ2) is 5.66. The van der Waals surface area contributed by atoms with Gasteiger partial charge in [-0.15, -0.1) is 11.3 Å². The largest absolute Gasteiger partial charge is 0.312 e. The van der Waals surface area contributed by atoms with Gasteiger partial charge in [-0.1, -0.05) is 20.3 Å². The van der Waals surface area contributed by atoms with Crippen LogP contribution in [0.2, 0.25) is 0 Å². The molecule has 0 aliphatic carbocycles. The van der Waals surface area contributed by atoms with Gasteiger partial charge < -0.3 is 5.32 Å². The van der Waals surface area contributed by atoms with Crippen molar-refractivity contribution in [2.45, 2.75) is 46.6 Å². The van der Waals surface area contributed by atoms with Gasteiger partial charge in [-0.2, -0.15) is 0 Å². The molecular formula is C13H23NS. The van der Waals surface area contributed by atoms with E-state index >= 15 is 0 Å². The van der Waals surface area contributed by atoms with Crippen LogP contribution in [-0.2, 0) is 0 Å². The summed E-state index contributed by atoms with van der Waals surface area (Å²) < 4.78 is 0. The molecule has 1 rings (SSSR count). The van der Waals surface area contributed by atoms with E-state index in [2.05, 4.69) is 46.1 Å². The Kier molecular flexibility index (Phi) is 4.81. The Morgan fingerprint density at radius 1 is 1.40 bits per heavy atom. The van der Waals surface area contributed by atoms with E-state index in [0.717, 1.165) is 5.92 Å². The maximum Gasteiger partial charge on any atom is 0.0441 e. The van der Waals surface area contributed by atoms with E-state index in [-0.39, 0.29) is 0 Å². The lowest BCUT2D eigenvalue weighted by molar-refractivity contribution is 0.388. The zero-order valence-electron chi connectivity index (χ0n) is 10.6. The summed E-state index contributed by atoms with van der Waals surface area (Å²) >= 11 is 1.94. The van der Waals surface area contributed by atoms with Crippen molar-refractivity contribution in [3.63, 3.8) is 0 Å². The number of rotatable bonds is 5. The fourth-order valence-corrected chi connectivity index (χ4v) is 3.54. The molecular weight excluding hydrogens is 202 g/mol. The van der Waals surface area contributed by atoms with E-state index in [1.165, 1.54) is 28.2 Å². The van der Waals surface area contributed by atoms with Gasteiger partial charge in [0.15, 0.2) is 0 Å². The van der Waals surface area contributed by atoms with Crippen LogP contribution in [-0.4, -0.2) is 7.05 Å². The Labute approximate surface area is 97.9 Å². The Bertz CT molecular complexity index is 303. The lowest BCUT2D eigenvalue weighted by atomic mass is 9.94. The Morgan fingerprint density at radius 3 is 2.47 bits per heavy atom. The third-order valence-electron chi connectivity index (χ3n) is 2.99. The molecule has 0 saturated carbocycles. The van der Waals surface area contributed by atoms with E-state index in [1.54, 1.807) is 0 Å². The predicted molar refractivity (Wildman–Crippen MR) is 69.7 cm³/mol. The number of thiophene rings is 1. The average molecular weight is 225 g/mol. The molecule has 0 radical (unpaired) electrons. The van der Waals surface area contributed by atoms with E-state index in [9.17, 15) is 0 Å². The molecule has 1 aromatic heterocycles. The molecule has 0 amide bonds. The van der Waals surface area contributed by atoms with Crippen LogP contribution in [0.3, 0.4) is 0 Å². The van der Waals surface area contributed by atoms with Crippen molar-refractivity contribution in [2.75, 3.05) is 7.05 Å². The highest BCUT2D eigenvalue weighted by Crippen LogP contribution is 2.33. The van der Waals surface area contributed by atoms with Crippen LogP contribution in [0.1, 0.15) is 48.0 Å². The fraction of sp³-hybridized carbons (Fsp3) is 0.692. The number of nitrogens with one attached hydrogen (secondary N) is 1. The normalized spacial score (nSPS) is 15.3. The predicted octanol–water partition coefficient (Wildman–Crippen LogP) is 4.06. The van der Waals surface area contributed by atoms with Crippen LogP contribution in [0.5, 0.6) is 0 Å². The number of aryl methyl sites for hydroxylation is 2. The molecule has 15 heavy (non-hydrogen) atoms. The average Bonchev–Trinajstić information content (AvgIpc) is 2.47. The molecule has 1 N–H and O–H groups in total. The third-order valence-corrected chi connectivity index (χ3v) is 4.22. The number of hydrogen-bond acceptors (Lipinski definition) is 2. The minimum atomic E-state index is 0.531. The van der Waals surface area contributed by atoms with Crippen molar-refractivity contribution in [3.05, 3.63) is 21.4 Å². The minimum absolute atomic E-state index is 0.531. The van der Waals surface area contributed by atoms with Crippen LogP contribution < -0.4 is 5.32 Å². The zero-order valence-corrected chi connectivity index (χ0v) is 11.4. The van der Waals surface area contributed by atoms with Crippen molar-refractivity contribution in [3.8, 4) is 0 Å². The molecule has 0 saturated heterocycles. The molecule has 0 aromatic carbocycles. The molecule has 2 atom stereocenters. The highest BCUT2D eigenvalue weighted by molar-refractivity contribution is 7.12. The molecule has 2 unspecified atom stereocenters.